The molecular weight excluding hydrogens is 392 g/mol. The molecule has 0 radical (unpaired) electrons. The van der Waals surface area contributed by atoms with Gasteiger partial charge < -0.3 is 5.32 Å². The molecule has 1 aromatic heterocycles. The van der Waals surface area contributed by atoms with Gasteiger partial charge in [0.05, 0.1) is 17.2 Å². The average molecular weight is 403 g/mol. The van der Waals surface area contributed by atoms with Crippen LogP contribution in [0.25, 0.3) is 5.69 Å². The second kappa shape index (κ2) is 7.18. The molecule has 0 atom stereocenters. The molecule has 0 spiro atoms. The molecule has 2 aromatic carbocycles. The summed E-state index contributed by atoms with van der Waals surface area (Å²) in [5.41, 5.74) is 0.987. The lowest BCUT2D eigenvalue weighted by Crippen LogP contribution is -2.24. The highest BCUT2D eigenvalue weighted by atomic mass is 79.9. The molecule has 0 bridgehead atoms. The maximum Gasteiger partial charge on any atom is 0.269 e. The molecule has 0 fully saturated rings. The zero-order chi connectivity index (χ0) is 17.8. The van der Waals surface area contributed by atoms with Crippen molar-refractivity contribution in [3.05, 3.63) is 74.5 Å². The van der Waals surface area contributed by atoms with E-state index in [9.17, 15) is 14.9 Å². The maximum atomic E-state index is 12.2. The summed E-state index contributed by atoms with van der Waals surface area (Å²) in [6.45, 7) is 0.106. The monoisotopic (exact) mass is 402 g/mol. The summed E-state index contributed by atoms with van der Waals surface area (Å²) in [5.74, 6) is 0.0760. The van der Waals surface area contributed by atoms with Gasteiger partial charge in [0.15, 0.2) is 5.82 Å². The van der Waals surface area contributed by atoms with Gasteiger partial charge in [-0.3, -0.25) is 14.9 Å². The predicted octanol–water partition coefficient (Wildman–Crippen LogP) is 2.26. The van der Waals surface area contributed by atoms with Gasteiger partial charge in [-0.25, -0.2) is 0 Å². The van der Waals surface area contributed by atoms with Gasteiger partial charge in [-0.15, -0.1) is 5.10 Å². The summed E-state index contributed by atoms with van der Waals surface area (Å²) in [6.07, 6.45) is 0. The second-order valence-electron chi connectivity index (χ2n) is 4.97. The van der Waals surface area contributed by atoms with Crippen LogP contribution in [0.3, 0.4) is 0 Å². The van der Waals surface area contributed by atoms with E-state index in [1.807, 2.05) is 24.3 Å². The smallest absolute Gasteiger partial charge is 0.269 e. The number of hydrogen-bond donors (Lipinski definition) is 1. The SMILES string of the molecule is O=C(NCc1nnnn1-c1cccc(Br)c1)c1ccc([N+](=O)[O-])cc1. The van der Waals surface area contributed by atoms with E-state index in [2.05, 4.69) is 36.8 Å². The molecule has 0 saturated heterocycles. The molecule has 0 aliphatic rings. The minimum Gasteiger partial charge on any atom is -0.345 e. The Morgan fingerprint density at radius 2 is 2.00 bits per heavy atom. The first-order valence-electron chi connectivity index (χ1n) is 7.10. The number of nitrogens with zero attached hydrogens (tertiary/aromatic N) is 5. The van der Waals surface area contributed by atoms with E-state index < -0.39 is 4.92 Å². The molecule has 10 heteroatoms. The largest absolute Gasteiger partial charge is 0.345 e. The van der Waals surface area contributed by atoms with Gasteiger partial charge in [-0.2, -0.15) is 4.68 Å². The number of carbonyl (C=O) groups excluding carboxylic acids is 1. The van der Waals surface area contributed by atoms with Gasteiger partial charge in [0.25, 0.3) is 11.6 Å². The lowest BCUT2D eigenvalue weighted by Gasteiger charge is -2.07. The number of rotatable bonds is 5. The minimum absolute atomic E-state index is 0.0739. The normalized spacial score (nSPS) is 10.4. The molecule has 0 aliphatic carbocycles. The zero-order valence-corrected chi connectivity index (χ0v) is 14.3. The van der Waals surface area contributed by atoms with Crippen molar-refractivity contribution in [2.45, 2.75) is 6.54 Å². The van der Waals surface area contributed by atoms with Crippen molar-refractivity contribution >= 4 is 27.5 Å². The van der Waals surface area contributed by atoms with E-state index in [1.54, 1.807) is 0 Å². The molecule has 0 aliphatic heterocycles. The number of benzene rings is 2. The van der Waals surface area contributed by atoms with Gasteiger partial charge in [0.2, 0.25) is 0 Å². The van der Waals surface area contributed by atoms with Gasteiger partial charge in [0.1, 0.15) is 0 Å². The van der Waals surface area contributed by atoms with Crippen LogP contribution in [0, 0.1) is 10.1 Å². The summed E-state index contributed by atoms with van der Waals surface area (Å²) in [6, 6.07) is 12.8. The zero-order valence-electron chi connectivity index (χ0n) is 12.7. The number of amides is 1. The van der Waals surface area contributed by atoms with E-state index in [0.29, 0.717) is 11.4 Å². The highest BCUT2D eigenvalue weighted by molar-refractivity contribution is 9.10. The number of hydrogen-bond acceptors (Lipinski definition) is 6. The van der Waals surface area contributed by atoms with Gasteiger partial charge in [-0.1, -0.05) is 22.0 Å². The first-order chi connectivity index (χ1) is 12.0. The first kappa shape index (κ1) is 16.7. The Hall–Kier alpha value is -3.14. The number of nitro benzene ring substituents is 1. The standard InChI is InChI=1S/C15H11BrN6O3/c16-11-2-1-3-13(8-11)21-14(18-19-20-21)9-17-15(23)10-4-6-12(7-5-10)22(24)25/h1-8H,9H2,(H,17,23). The lowest BCUT2D eigenvalue weighted by molar-refractivity contribution is -0.384. The summed E-state index contributed by atoms with van der Waals surface area (Å²) in [4.78, 5) is 22.3. The van der Waals surface area contributed by atoms with Crippen LogP contribution >= 0.6 is 15.9 Å². The average Bonchev–Trinajstić information content (AvgIpc) is 3.08. The molecule has 3 rings (SSSR count). The van der Waals surface area contributed by atoms with Crippen LogP contribution in [0.4, 0.5) is 5.69 Å². The molecule has 1 heterocycles. The predicted molar refractivity (Wildman–Crippen MR) is 91.1 cm³/mol. The molecular formula is C15H11BrN6O3. The number of aromatic nitrogens is 4. The third kappa shape index (κ3) is 3.86. The number of nitrogens with one attached hydrogen (secondary N) is 1. The molecule has 1 N–H and O–H groups in total. The number of nitro groups is 1. The first-order valence-corrected chi connectivity index (χ1v) is 7.90. The van der Waals surface area contributed by atoms with Crippen molar-refractivity contribution in [2.75, 3.05) is 0 Å². The quantitative estimate of drug-likeness (QED) is 0.516. The Labute approximate surface area is 149 Å². The fourth-order valence-corrected chi connectivity index (χ4v) is 2.51. The Bertz CT molecular complexity index is 925. The van der Waals surface area contributed by atoms with E-state index >= 15 is 0 Å². The van der Waals surface area contributed by atoms with E-state index in [1.165, 1.54) is 28.9 Å². The van der Waals surface area contributed by atoms with Crippen LogP contribution in [0.15, 0.2) is 53.0 Å². The molecule has 25 heavy (non-hydrogen) atoms. The molecule has 3 aromatic rings. The van der Waals surface area contributed by atoms with Crippen molar-refractivity contribution < 1.29 is 9.72 Å². The Morgan fingerprint density at radius 1 is 1.24 bits per heavy atom. The third-order valence-electron chi connectivity index (χ3n) is 3.33. The summed E-state index contributed by atoms with van der Waals surface area (Å²) >= 11 is 3.38. The summed E-state index contributed by atoms with van der Waals surface area (Å²) in [5, 5.41) is 24.8. The van der Waals surface area contributed by atoms with Crippen molar-refractivity contribution in [2.24, 2.45) is 0 Å². The number of halogens is 1. The Morgan fingerprint density at radius 3 is 2.68 bits per heavy atom. The highest BCUT2D eigenvalue weighted by Crippen LogP contribution is 2.15. The highest BCUT2D eigenvalue weighted by Gasteiger charge is 2.12. The number of non-ortho nitro benzene ring substituents is 1. The van der Waals surface area contributed by atoms with Crippen LogP contribution in [-0.2, 0) is 6.54 Å². The fourth-order valence-electron chi connectivity index (χ4n) is 2.12. The lowest BCUT2D eigenvalue weighted by atomic mass is 10.2. The Kier molecular flexibility index (Phi) is 4.80. The van der Waals surface area contributed by atoms with Crippen LogP contribution in [0.1, 0.15) is 16.2 Å². The second-order valence-corrected chi connectivity index (χ2v) is 5.89. The van der Waals surface area contributed by atoms with E-state index in [-0.39, 0.29) is 18.1 Å². The Balaban J connectivity index is 1.71. The maximum absolute atomic E-state index is 12.2. The third-order valence-corrected chi connectivity index (χ3v) is 3.83. The van der Waals surface area contributed by atoms with Crippen LogP contribution in [0.5, 0.6) is 0 Å². The van der Waals surface area contributed by atoms with Crippen LogP contribution in [0.2, 0.25) is 0 Å². The number of carbonyl (C=O) groups is 1. The topological polar surface area (TPSA) is 116 Å². The van der Waals surface area contributed by atoms with Crippen molar-refractivity contribution in [3.63, 3.8) is 0 Å². The van der Waals surface area contributed by atoms with Crippen LogP contribution < -0.4 is 5.32 Å². The van der Waals surface area contributed by atoms with Gasteiger partial charge in [0, 0.05) is 22.2 Å². The summed E-state index contributed by atoms with van der Waals surface area (Å²) < 4.78 is 2.39. The molecule has 0 saturated carbocycles. The summed E-state index contributed by atoms with van der Waals surface area (Å²) in [7, 11) is 0. The molecule has 1 amide bonds. The van der Waals surface area contributed by atoms with E-state index in [0.717, 1.165) is 10.2 Å². The van der Waals surface area contributed by atoms with Gasteiger partial charge >= 0.3 is 0 Å². The molecule has 9 nitrogen and oxygen atoms in total. The minimum atomic E-state index is -0.520. The van der Waals surface area contributed by atoms with Crippen molar-refractivity contribution in [1.29, 1.82) is 0 Å². The van der Waals surface area contributed by atoms with Crippen molar-refractivity contribution in [3.8, 4) is 5.69 Å². The molecule has 0 unspecified atom stereocenters. The molecule has 126 valence electrons. The van der Waals surface area contributed by atoms with Crippen LogP contribution in [-0.4, -0.2) is 31.0 Å². The fraction of sp³-hybridized carbons (Fsp3) is 0.0667. The van der Waals surface area contributed by atoms with E-state index in [4.69, 9.17) is 0 Å². The van der Waals surface area contributed by atoms with Gasteiger partial charge in [-0.05, 0) is 40.8 Å². The number of tetrazole rings is 1. The van der Waals surface area contributed by atoms with Crippen molar-refractivity contribution in [1.82, 2.24) is 25.5 Å².